The van der Waals surface area contributed by atoms with Crippen molar-refractivity contribution in [3.63, 3.8) is 0 Å². The second kappa shape index (κ2) is 7.47. The molecule has 0 bridgehead atoms. The molecular weight excluding hydrogens is 326 g/mol. The van der Waals surface area contributed by atoms with Gasteiger partial charge in [0.15, 0.2) is 5.76 Å². The molecule has 1 aliphatic rings. The summed E-state index contributed by atoms with van der Waals surface area (Å²) in [6, 6.07) is 2.75. The number of nitrogens with two attached hydrogens (primary N) is 1. The Morgan fingerprint density at radius 3 is 3.04 bits per heavy atom. The van der Waals surface area contributed by atoms with E-state index in [1.165, 1.54) is 6.26 Å². The molecule has 3 heterocycles. The van der Waals surface area contributed by atoms with E-state index >= 15 is 0 Å². The minimum atomic E-state index is -0.510. The van der Waals surface area contributed by atoms with Gasteiger partial charge in [0.25, 0.3) is 0 Å². The number of aromatic nitrogens is 2. The number of carbonyl (C=O) groups excluding carboxylic acids is 2. The van der Waals surface area contributed by atoms with Crippen molar-refractivity contribution in [2.24, 2.45) is 5.73 Å². The zero-order valence-corrected chi connectivity index (χ0v) is 14.0. The summed E-state index contributed by atoms with van der Waals surface area (Å²) in [5, 5.41) is 6.57. The molecule has 1 fully saturated rings. The van der Waals surface area contributed by atoms with Gasteiger partial charge >= 0.3 is 0 Å². The van der Waals surface area contributed by atoms with Gasteiger partial charge in [-0.05, 0) is 25.5 Å². The average molecular weight is 347 g/mol. The third-order valence-corrected chi connectivity index (χ3v) is 4.07. The van der Waals surface area contributed by atoms with E-state index in [0.29, 0.717) is 43.4 Å². The van der Waals surface area contributed by atoms with Crippen molar-refractivity contribution in [2.75, 3.05) is 13.1 Å². The normalized spacial score (nSPS) is 20.0. The first-order chi connectivity index (χ1) is 12.1. The van der Waals surface area contributed by atoms with Gasteiger partial charge in [-0.25, -0.2) is 0 Å². The van der Waals surface area contributed by atoms with Crippen LogP contribution in [0.5, 0.6) is 0 Å². The Morgan fingerprint density at radius 2 is 2.32 bits per heavy atom. The highest BCUT2D eigenvalue weighted by Crippen LogP contribution is 2.20. The Balaban J connectivity index is 1.59. The molecule has 2 aromatic rings. The van der Waals surface area contributed by atoms with Crippen LogP contribution in [0.25, 0.3) is 11.6 Å². The lowest BCUT2D eigenvalue weighted by molar-refractivity contribution is -0.138. The Bertz CT molecular complexity index is 727. The van der Waals surface area contributed by atoms with Crippen LogP contribution in [-0.4, -0.2) is 52.0 Å². The summed E-state index contributed by atoms with van der Waals surface area (Å²) in [4.78, 5) is 30.3. The highest BCUT2D eigenvalue weighted by Gasteiger charge is 2.37. The number of furan rings is 1. The molecule has 0 unspecified atom stereocenters. The Hall–Kier alpha value is -2.68. The molecule has 2 aromatic heterocycles. The molecule has 3 N–H and O–H groups in total. The summed E-state index contributed by atoms with van der Waals surface area (Å²) in [6.45, 7) is 2.73. The molecule has 0 aromatic carbocycles. The molecule has 25 heavy (non-hydrogen) atoms. The number of nitrogens with zero attached hydrogens (tertiary/aromatic N) is 3. The topological polar surface area (TPSA) is 127 Å². The molecule has 2 atom stereocenters. The lowest BCUT2D eigenvalue weighted by Gasteiger charge is -2.23. The van der Waals surface area contributed by atoms with Crippen LogP contribution in [0.4, 0.5) is 0 Å². The number of nitrogens with one attached hydrogen (secondary N) is 1. The molecule has 3 rings (SSSR count). The molecular formula is C16H21N5O4. The molecule has 0 radical (unpaired) electrons. The molecule has 9 heteroatoms. The number of amides is 2. The van der Waals surface area contributed by atoms with Gasteiger partial charge in [-0.3, -0.25) is 9.59 Å². The van der Waals surface area contributed by atoms with Crippen molar-refractivity contribution < 1.29 is 18.5 Å². The molecule has 1 aliphatic heterocycles. The molecule has 134 valence electrons. The summed E-state index contributed by atoms with van der Waals surface area (Å²) in [5.41, 5.74) is 5.93. The van der Waals surface area contributed by atoms with E-state index in [4.69, 9.17) is 14.7 Å². The van der Waals surface area contributed by atoms with Crippen LogP contribution in [0, 0.1) is 0 Å². The fraction of sp³-hybridized carbons (Fsp3) is 0.500. The molecule has 0 saturated carbocycles. The highest BCUT2D eigenvalue weighted by molar-refractivity contribution is 5.88. The standard InChI is InChI=1S/C16H21N5O4/c1-2-18-16(23)11-8-10(17)9-21(11)14(22)6-5-13-19-15(20-25-13)12-4-3-7-24-12/h3-4,7,10-11H,2,5-6,8-9,17H2,1H3,(H,18,23)/t10-,11-/m0/s1. The fourth-order valence-corrected chi connectivity index (χ4v) is 2.90. The third kappa shape index (κ3) is 3.87. The van der Waals surface area contributed by atoms with Crippen molar-refractivity contribution >= 4 is 11.8 Å². The van der Waals surface area contributed by atoms with Gasteiger partial charge in [-0.2, -0.15) is 4.98 Å². The van der Waals surface area contributed by atoms with Crippen LogP contribution in [0.3, 0.4) is 0 Å². The number of hydrogen-bond acceptors (Lipinski definition) is 7. The van der Waals surface area contributed by atoms with Gasteiger partial charge in [-0.1, -0.05) is 5.16 Å². The Morgan fingerprint density at radius 1 is 1.48 bits per heavy atom. The van der Waals surface area contributed by atoms with Crippen LogP contribution in [0.2, 0.25) is 0 Å². The lowest BCUT2D eigenvalue weighted by Crippen LogP contribution is -2.46. The van der Waals surface area contributed by atoms with Crippen LogP contribution in [0.1, 0.15) is 25.7 Å². The van der Waals surface area contributed by atoms with E-state index in [2.05, 4.69) is 15.5 Å². The smallest absolute Gasteiger partial charge is 0.242 e. The number of hydrogen-bond donors (Lipinski definition) is 2. The summed E-state index contributed by atoms with van der Waals surface area (Å²) in [6.07, 6.45) is 2.45. The van der Waals surface area contributed by atoms with E-state index in [-0.39, 0.29) is 24.3 Å². The first-order valence-corrected chi connectivity index (χ1v) is 8.27. The second-order valence-corrected chi connectivity index (χ2v) is 5.94. The fourth-order valence-electron chi connectivity index (χ4n) is 2.90. The maximum Gasteiger partial charge on any atom is 0.242 e. The van der Waals surface area contributed by atoms with E-state index in [0.717, 1.165) is 0 Å². The second-order valence-electron chi connectivity index (χ2n) is 5.94. The molecule has 2 amide bonds. The van der Waals surface area contributed by atoms with Crippen molar-refractivity contribution in [3.05, 3.63) is 24.3 Å². The third-order valence-electron chi connectivity index (χ3n) is 4.07. The number of aryl methyl sites for hydroxylation is 1. The van der Waals surface area contributed by atoms with Crippen molar-refractivity contribution in [1.82, 2.24) is 20.4 Å². The highest BCUT2D eigenvalue weighted by atomic mass is 16.5. The zero-order chi connectivity index (χ0) is 17.8. The van der Waals surface area contributed by atoms with E-state index in [1.807, 2.05) is 6.92 Å². The molecule has 9 nitrogen and oxygen atoms in total. The molecule has 1 saturated heterocycles. The van der Waals surface area contributed by atoms with E-state index in [1.54, 1.807) is 17.0 Å². The van der Waals surface area contributed by atoms with Gasteiger partial charge in [0.2, 0.25) is 23.5 Å². The lowest BCUT2D eigenvalue weighted by atomic mass is 10.1. The van der Waals surface area contributed by atoms with E-state index < -0.39 is 6.04 Å². The summed E-state index contributed by atoms with van der Waals surface area (Å²) < 4.78 is 10.3. The summed E-state index contributed by atoms with van der Waals surface area (Å²) in [7, 11) is 0. The maximum atomic E-state index is 12.5. The first-order valence-electron chi connectivity index (χ1n) is 8.27. The van der Waals surface area contributed by atoms with Crippen molar-refractivity contribution in [2.45, 2.75) is 38.3 Å². The predicted octanol–water partition coefficient (Wildman–Crippen LogP) is 0.327. The quantitative estimate of drug-likeness (QED) is 0.770. The Labute approximate surface area is 144 Å². The Kier molecular flexibility index (Phi) is 5.13. The minimum absolute atomic E-state index is 0.151. The van der Waals surface area contributed by atoms with Crippen LogP contribution in [-0.2, 0) is 16.0 Å². The van der Waals surface area contributed by atoms with Gasteiger partial charge in [0, 0.05) is 32.0 Å². The van der Waals surface area contributed by atoms with Crippen molar-refractivity contribution in [1.29, 1.82) is 0 Å². The van der Waals surface area contributed by atoms with Gasteiger partial charge in [-0.15, -0.1) is 0 Å². The number of rotatable bonds is 6. The average Bonchev–Trinajstić information content (AvgIpc) is 3.32. The van der Waals surface area contributed by atoms with Crippen molar-refractivity contribution in [3.8, 4) is 11.6 Å². The van der Waals surface area contributed by atoms with E-state index in [9.17, 15) is 9.59 Å². The zero-order valence-electron chi connectivity index (χ0n) is 14.0. The van der Waals surface area contributed by atoms with Gasteiger partial charge < -0.3 is 24.9 Å². The maximum absolute atomic E-state index is 12.5. The number of likely N-dealkylation sites (N-methyl/N-ethyl adjacent to an activating group) is 1. The minimum Gasteiger partial charge on any atom is -0.461 e. The van der Waals surface area contributed by atoms with Crippen LogP contribution in [0.15, 0.2) is 27.3 Å². The number of carbonyl (C=O) groups is 2. The number of likely N-dealkylation sites (tertiary alicyclic amines) is 1. The summed E-state index contributed by atoms with van der Waals surface area (Å²) >= 11 is 0. The van der Waals surface area contributed by atoms with Crippen LogP contribution >= 0.6 is 0 Å². The first kappa shape index (κ1) is 17.2. The van der Waals surface area contributed by atoms with Crippen LogP contribution < -0.4 is 11.1 Å². The van der Waals surface area contributed by atoms with Gasteiger partial charge in [0.1, 0.15) is 6.04 Å². The monoisotopic (exact) mass is 347 g/mol. The summed E-state index contributed by atoms with van der Waals surface area (Å²) in [5.74, 6) is 0.875. The largest absolute Gasteiger partial charge is 0.461 e. The van der Waals surface area contributed by atoms with Gasteiger partial charge in [0.05, 0.1) is 6.26 Å². The molecule has 0 aliphatic carbocycles. The predicted molar refractivity (Wildman–Crippen MR) is 87.1 cm³/mol. The molecule has 0 spiro atoms. The SMILES string of the molecule is CCNC(=O)[C@@H]1C[C@H](N)CN1C(=O)CCc1nc(-c2ccco2)no1.